The van der Waals surface area contributed by atoms with Gasteiger partial charge in [0.15, 0.2) is 0 Å². The molecular weight excluding hydrogens is 1380 g/mol. The van der Waals surface area contributed by atoms with E-state index in [0.717, 1.165) is 26.5 Å². The van der Waals surface area contributed by atoms with E-state index in [1.165, 1.54) is 460 Å². The van der Waals surface area contributed by atoms with Gasteiger partial charge in [-0.05, 0) is 122 Å². The molecule has 0 atom stereocenters. The van der Waals surface area contributed by atoms with Gasteiger partial charge in [-0.25, -0.2) is 0 Å². The number of hydrogen-bond acceptors (Lipinski definition) is 6. The van der Waals surface area contributed by atoms with Crippen LogP contribution in [0.3, 0.4) is 0 Å². The molecule has 2 heterocycles. The Balaban J connectivity index is 1.12. The first-order valence-electron chi connectivity index (χ1n) is 42.6. The second-order valence-corrected chi connectivity index (χ2v) is 34.5. The highest BCUT2D eigenvalue weighted by Gasteiger charge is 2.50. The zero-order valence-electron chi connectivity index (χ0n) is 62.9. The van der Waals surface area contributed by atoms with Gasteiger partial charge in [0, 0.05) is 30.0 Å². The molecule has 3 aromatic carbocycles. The average Bonchev–Trinajstić information content (AvgIpc) is 1.52. The minimum Gasteiger partial charge on any atom is -0.172 e. The first-order chi connectivity index (χ1) is 47.5. The Labute approximate surface area is 622 Å². The Morgan fingerprint density at radius 1 is 0.260 bits per heavy atom. The summed E-state index contributed by atoms with van der Waals surface area (Å²) < 4.78 is 23.2. The van der Waals surface area contributed by atoms with Gasteiger partial charge in [-0.1, -0.05) is 413 Å². The molecule has 0 spiro atoms. The van der Waals surface area contributed by atoms with Gasteiger partial charge in [0.1, 0.15) is 22.1 Å². The normalized spacial score (nSPS) is 13.6. The smallest absolute Gasteiger partial charge is 0.119 e. The number of halogens is 2. The fourth-order valence-electron chi connectivity index (χ4n) is 17.7. The highest BCUT2D eigenvalue weighted by atomic mass is 127. The van der Waals surface area contributed by atoms with E-state index >= 15 is 0 Å². The lowest BCUT2D eigenvalue weighted by atomic mass is 9.68. The number of fused-ring (bicyclic) bond motifs is 10. The fourth-order valence-corrected chi connectivity index (χ4v) is 20.3. The fraction of sp³-hybridized carbons (Fsp3) is 0.795. The Morgan fingerprint density at radius 3 is 0.729 bits per heavy atom. The topological polar surface area (TPSA) is 51.6 Å². The van der Waals surface area contributed by atoms with E-state index in [9.17, 15) is 0 Å². The molecule has 5 aromatic rings. The summed E-state index contributed by atoms with van der Waals surface area (Å²) >= 11 is 9.68. The highest BCUT2D eigenvalue weighted by molar-refractivity contribution is 14.1. The van der Waals surface area contributed by atoms with Crippen LogP contribution in [-0.4, -0.2) is 17.5 Å². The van der Waals surface area contributed by atoms with Gasteiger partial charge in [-0.2, -0.15) is 17.5 Å². The minimum absolute atomic E-state index is 0.0623. The van der Waals surface area contributed by atoms with Crippen LogP contribution in [0.2, 0.25) is 0 Å². The maximum Gasteiger partial charge on any atom is 0.119 e. The third-order valence-electron chi connectivity index (χ3n) is 23.6. The molecule has 0 bridgehead atoms. The molecule has 2 aliphatic rings. The lowest BCUT2D eigenvalue weighted by Gasteiger charge is -2.35. The van der Waals surface area contributed by atoms with Crippen molar-refractivity contribution in [3.63, 3.8) is 0 Å². The second kappa shape index (κ2) is 50.0. The van der Waals surface area contributed by atoms with Crippen LogP contribution < -0.4 is 0 Å². The van der Waals surface area contributed by atoms with Crippen molar-refractivity contribution in [1.29, 1.82) is 0 Å². The third kappa shape index (κ3) is 26.6. The standard InChI is InChI=1S/C88H144BrIN4S2/c1-5-9-13-17-21-25-29-33-37-41-45-49-53-57-61-65-87(66-62-58-54-50-46-42-38-34-30-26-22-18-14-10-6-2)75-70-74-76(69-73(75)81-77(87)71-79(89)83-85(81)93-95-91-83)88(78-72-80(90)84-86(82(74)78)94-96-92-84,67-63-59-55-51-47-43-39-35-31-27-23-19-15-11-7-3)68-64-60-56-52-48-44-40-36-32-28-24-20-16-12-8-4/h69-72H,5-68H2,1-4H3. The van der Waals surface area contributed by atoms with Crippen LogP contribution in [-0.2, 0) is 10.8 Å². The number of aromatic nitrogens is 4. The Hall–Kier alpha value is -1.49. The summed E-state index contributed by atoms with van der Waals surface area (Å²) in [5, 5.41) is 0. The lowest BCUT2D eigenvalue weighted by molar-refractivity contribution is 0.393. The van der Waals surface area contributed by atoms with E-state index in [4.69, 9.17) is 17.5 Å². The molecule has 2 aromatic heterocycles. The van der Waals surface area contributed by atoms with E-state index in [1.54, 1.807) is 22.3 Å². The van der Waals surface area contributed by atoms with E-state index in [-0.39, 0.29) is 10.8 Å². The summed E-state index contributed by atoms with van der Waals surface area (Å²) in [5.41, 5.74) is 16.5. The quantitative estimate of drug-likeness (QED) is 0.0288. The molecule has 0 amide bonds. The average molecular weight is 1530 g/mol. The van der Waals surface area contributed by atoms with E-state index < -0.39 is 0 Å². The van der Waals surface area contributed by atoms with Crippen molar-refractivity contribution in [2.45, 2.75) is 449 Å². The van der Waals surface area contributed by atoms with Crippen molar-refractivity contribution in [3.8, 4) is 22.3 Å². The van der Waals surface area contributed by atoms with Crippen LogP contribution in [0.15, 0.2) is 28.7 Å². The second-order valence-electron chi connectivity index (χ2n) is 31.4. The monoisotopic (exact) mass is 1530 g/mol. The molecular formula is C88H144BrIN4S2. The molecule has 96 heavy (non-hydrogen) atoms. The Kier molecular flexibility index (Phi) is 42.6. The molecule has 0 aliphatic heterocycles. The summed E-state index contributed by atoms with van der Waals surface area (Å²) in [5.74, 6) is 0. The van der Waals surface area contributed by atoms with Crippen LogP contribution >= 0.6 is 62.0 Å². The van der Waals surface area contributed by atoms with Gasteiger partial charge >= 0.3 is 0 Å². The van der Waals surface area contributed by atoms with Crippen LogP contribution in [0.4, 0.5) is 0 Å². The molecule has 0 saturated heterocycles. The van der Waals surface area contributed by atoms with Crippen molar-refractivity contribution in [2.24, 2.45) is 0 Å². The molecule has 0 N–H and O–H groups in total. The van der Waals surface area contributed by atoms with Gasteiger partial charge in [0.2, 0.25) is 0 Å². The summed E-state index contributed by atoms with van der Waals surface area (Å²) in [6.07, 6.45) is 88.8. The highest BCUT2D eigenvalue weighted by Crippen LogP contribution is 2.63. The van der Waals surface area contributed by atoms with Crippen LogP contribution in [0.1, 0.15) is 461 Å². The third-order valence-corrected chi connectivity index (χ3v) is 26.1. The Morgan fingerprint density at radius 2 is 0.469 bits per heavy atom. The molecule has 0 radical (unpaired) electrons. The molecule has 2 aliphatic carbocycles. The van der Waals surface area contributed by atoms with Crippen molar-refractivity contribution >= 4 is 84.0 Å². The van der Waals surface area contributed by atoms with E-state index in [0.29, 0.717) is 0 Å². The first-order valence-corrected chi connectivity index (χ1v) is 45.9. The molecule has 0 fully saturated rings. The number of benzene rings is 3. The number of unbranched alkanes of at least 4 members (excludes halogenated alkanes) is 56. The van der Waals surface area contributed by atoms with Gasteiger partial charge in [-0.15, -0.1) is 0 Å². The Bertz CT molecular complexity index is 2540. The van der Waals surface area contributed by atoms with Crippen molar-refractivity contribution < 1.29 is 0 Å². The zero-order chi connectivity index (χ0) is 67.4. The predicted octanol–water partition coefficient (Wildman–Crippen LogP) is 32.6. The maximum absolute atomic E-state index is 5.33. The zero-order valence-corrected chi connectivity index (χ0v) is 68.3. The largest absolute Gasteiger partial charge is 0.172 e. The molecule has 4 nitrogen and oxygen atoms in total. The molecule has 8 heteroatoms. The lowest BCUT2D eigenvalue weighted by Crippen LogP contribution is -2.27. The minimum atomic E-state index is -0.0797. The van der Waals surface area contributed by atoms with Crippen LogP contribution in [0.25, 0.3) is 44.3 Å². The number of rotatable bonds is 64. The molecule has 0 saturated carbocycles. The van der Waals surface area contributed by atoms with E-state index in [1.807, 2.05) is 0 Å². The van der Waals surface area contributed by atoms with Gasteiger partial charge < -0.3 is 0 Å². The van der Waals surface area contributed by atoms with Gasteiger partial charge in [0.05, 0.1) is 23.5 Å². The van der Waals surface area contributed by atoms with Gasteiger partial charge in [-0.3, -0.25) is 0 Å². The summed E-state index contributed by atoms with van der Waals surface area (Å²) in [6, 6.07) is 10.8. The summed E-state index contributed by atoms with van der Waals surface area (Å²) in [7, 11) is 0. The predicted molar refractivity (Wildman–Crippen MR) is 439 cm³/mol. The van der Waals surface area contributed by atoms with E-state index in [2.05, 4.69) is 90.5 Å². The summed E-state index contributed by atoms with van der Waals surface area (Å²) in [4.78, 5) is 0. The number of nitrogens with zero attached hydrogens (tertiary/aromatic N) is 4. The van der Waals surface area contributed by atoms with Crippen LogP contribution in [0.5, 0.6) is 0 Å². The van der Waals surface area contributed by atoms with Gasteiger partial charge in [0.25, 0.3) is 0 Å². The SMILES string of the molecule is CCCCCCCCCCCCCCCCCC1(CCCCCCCCCCCCCCCCC)c2cc3c(cc2-c2c1cc(Br)c1nsnc21)C(CCCCCCCCCCCCCCCCC)(CCCCCCCCCCCCCCCCC)c1cc(I)c2nsnc2c1-3. The first kappa shape index (κ1) is 81.8. The summed E-state index contributed by atoms with van der Waals surface area (Å²) in [6.45, 7) is 9.32. The maximum atomic E-state index is 5.33. The molecule has 0 unspecified atom stereocenters. The van der Waals surface area contributed by atoms with Crippen LogP contribution in [0, 0.1) is 3.57 Å². The van der Waals surface area contributed by atoms with Crippen molar-refractivity contribution in [3.05, 3.63) is 54.6 Å². The van der Waals surface area contributed by atoms with Crippen molar-refractivity contribution in [1.82, 2.24) is 17.5 Å². The molecule has 542 valence electrons. The molecule has 7 rings (SSSR count). The number of hydrogen-bond donors (Lipinski definition) is 0. The van der Waals surface area contributed by atoms with Crippen molar-refractivity contribution in [2.75, 3.05) is 0 Å².